The average Bonchev–Trinajstić information content (AvgIpc) is 2.44. The minimum Gasteiger partial charge on any atom is -0.444 e. The third kappa shape index (κ3) is 7.47. The summed E-state index contributed by atoms with van der Waals surface area (Å²) in [6.07, 6.45) is -2.07. The smallest absolute Gasteiger partial charge is 0.407 e. The highest BCUT2D eigenvalue weighted by atomic mass is 32.2. The Balaban J connectivity index is 2.70. The zero-order valence-corrected chi connectivity index (χ0v) is 14.8. The second-order valence-corrected chi connectivity index (χ2v) is 7.70. The molecule has 0 aromatic heterocycles. The molecular formula is C16H25NO5S. The number of alkyl carbamates (subject to hydrolysis) is 1. The third-order valence-electron chi connectivity index (χ3n) is 2.60. The number of hydrogen-bond donors (Lipinski definition) is 1. The Morgan fingerprint density at radius 1 is 1.30 bits per heavy atom. The molecule has 1 N–H and O–H groups in total. The minimum absolute atomic E-state index is 0.0877. The molecule has 0 aliphatic rings. The number of ether oxygens (including phenoxy) is 1. The predicted molar refractivity (Wildman–Crippen MR) is 87.8 cm³/mol. The van der Waals surface area contributed by atoms with Crippen molar-refractivity contribution in [2.24, 2.45) is 0 Å². The van der Waals surface area contributed by atoms with Crippen molar-refractivity contribution in [2.45, 2.75) is 57.6 Å². The predicted octanol–water partition coefficient (Wildman–Crippen LogP) is 3.00. The van der Waals surface area contributed by atoms with E-state index in [9.17, 15) is 13.2 Å². The number of rotatable bonds is 6. The standard InChI is InChI=1S/C16H25NO5S/c1-12-6-8-14(9-7-12)23(19,20)21-11-10-13(2)17-15(18)22-16(3,4)5/h6-9,13H,10-11H2,1-5H3,(H,17,18)/t13-/m1/s1/i10D,11D/t10?,11?,13-. The molecule has 3 atom stereocenters. The van der Waals surface area contributed by atoms with Crippen molar-refractivity contribution in [3.8, 4) is 0 Å². The molecule has 0 aliphatic carbocycles. The SMILES string of the molecule is [2H]C(OS(=O)(=O)c1ccc(C)cc1)C([2H])[C@@H](C)NC(=O)OC(C)(C)C. The van der Waals surface area contributed by atoms with Gasteiger partial charge in [-0.1, -0.05) is 17.7 Å². The normalized spacial score (nSPS) is 17.4. The van der Waals surface area contributed by atoms with Crippen molar-refractivity contribution in [3.63, 3.8) is 0 Å². The van der Waals surface area contributed by atoms with Crippen LogP contribution in [0.4, 0.5) is 4.79 Å². The summed E-state index contributed by atoms with van der Waals surface area (Å²) in [6, 6.07) is 5.13. The number of nitrogens with one attached hydrogen (secondary N) is 1. The van der Waals surface area contributed by atoms with Crippen LogP contribution < -0.4 is 5.32 Å². The molecule has 0 radical (unpaired) electrons. The quantitative estimate of drug-likeness (QED) is 0.802. The molecule has 1 amide bonds. The highest BCUT2D eigenvalue weighted by molar-refractivity contribution is 7.86. The lowest BCUT2D eigenvalue weighted by Gasteiger charge is -2.21. The Kier molecular flexibility index (Phi) is 5.51. The van der Waals surface area contributed by atoms with Crippen molar-refractivity contribution in [3.05, 3.63) is 29.8 Å². The Hall–Kier alpha value is -1.60. The van der Waals surface area contributed by atoms with Crippen molar-refractivity contribution in [1.29, 1.82) is 0 Å². The molecule has 7 heteroatoms. The molecule has 23 heavy (non-hydrogen) atoms. The van der Waals surface area contributed by atoms with E-state index >= 15 is 0 Å². The summed E-state index contributed by atoms with van der Waals surface area (Å²) in [5.74, 6) is 0. The highest BCUT2D eigenvalue weighted by Gasteiger charge is 2.19. The van der Waals surface area contributed by atoms with Gasteiger partial charge in [0.2, 0.25) is 0 Å². The maximum absolute atomic E-state index is 12.2. The summed E-state index contributed by atoms with van der Waals surface area (Å²) in [5, 5.41) is 2.41. The van der Waals surface area contributed by atoms with Gasteiger partial charge in [0.25, 0.3) is 10.1 Å². The maximum atomic E-state index is 12.2. The number of hydrogen-bond acceptors (Lipinski definition) is 5. The van der Waals surface area contributed by atoms with Crippen LogP contribution in [0.3, 0.4) is 0 Å². The highest BCUT2D eigenvalue weighted by Crippen LogP contribution is 2.14. The van der Waals surface area contributed by atoms with Gasteiger partial charge in [-0.25, -0.2) is 4.79 Å². The summed E-state index contributed by atoms with van der Waals surface area (Å²) < 4.78 is 49.9. The number of carbonyl (C=O) groups is 1. The fourth-order valence-electron chi connectivity index (χ4n) is 1.53. The van der Waals surface area contributed by atoms with Gasteiger partial charge in [-0.3, -0.25) is 4.18 Å². The summed E-state index contributed by atoms with van der Waals surface area (Å²) in [4.78, 5) is 11.6. The van der Waals surface area contributed by atoms with E-state index in [1.807, 2.05) is 6.92 Å². The van der Waals surface area contributed by atoms with Gasteiger partial charge in [0.05, 0.1) is 12.8 Å². The van der Waals surface area contributed by atoms with Gasteiger partial charge in [0.15, 0.2) is 0 Å². The van der Waals surface area contributed by atoms with Crippen LogP contribution in [0.2, 0.25) is 0 Å². The molecule has 0 saturated heterocycles. The molecule has 2 unspecified atom stereocenters. The van der Waals surface area contributed by atoms with Crippen molar-refractivity contribution in [2.75, 3.05) is 6.58 Å². The van der Waals surface area contributed by atoms with Gasteiger partial charge >= 0.3 is 6.09 Å². The summed E-state index contributed by atoms with van der Waals surface area (Å²) in [7, 11) is -4.16. The van der Waals surface area contributed by atoms with Crippen LogP contribution in [-0.2, 0) is 19.0 Å². The van der Waals surface area contributed by atoms with E-state index in [-0.39, 0.29) is 4.90 Å². The van der Waals surface area contributed by atoms with E-state index in [4.69, 9.17) is 11.7 Å². The molecule has 0 saturated carbocycles. The second kappa shape index (κ2) is 7.79. The van der Waals surface area contributed by atoms with Gasteiger partial charge in [-0.15, -0.1) is 0 Å². The van der Waals surface area contributed by atoms with Crippen LogP contribution in [0.5, 0.6) is 0 Å². The van der Waals surface area contributed by atoms with Crippen LogP contribution in [0, 0.1) is 6.92 Å². The molecule has 0 heterocycles. The zero-order valence-electron chi connectivity index (χ0n) is 16.0. The van der Waals surface area contributed by atoms with E-state index in [1.54, 1.807) is 32.9 Å². The second-order valence-electron chi connectivity index (χ2n) is 6.13. The number of benzene rings is 1. The van der Waals surface area contributed by atoms with Crippen molar-refractivity contribution < 1.29 is 24.9 Å². The van der Waals surface area contributed by atoms with E-state index in [1.165, 1.54) is 19.1 Å². The van der Waals surface area contributed by atoms with Crippen LogP contribution in [0.15, 0.2) is 29.2 Å². The van der Waals surface area contributed by atoms with Crippen molar-refractivity contribution in [1.82, 2.24) is 5.32 Å². The molecule has 0 fully saturated rings. The molecule has 130 valence electrons. The first kappa shape index (κ1) is 16.3. The van der Waals surface area contributed by atoms with Crippen LogP contribution in [-0.4, -0.2) is 32.7 Å². The number of aryl methyl sites for hydroxylation is 1. The van der Waals surface area contributed by atoms with E-state index in [0.717, 1.165) is 5.56 Å². The Bertz CT molecular complexity index is 685. The molecule has 0 bridgehead atoms. The van der Waals surface area contributed by atoms with Gasteiger partial charge < -0.3 is 10.1 Å². The maximum Gasteiger partial charge on any atom is 0.407 e. The fourth-order valence-corrected chi connectivity index (χ4v) is 2.32. The van der Waals surface area contributed by atoms with E-state index in [0.29, 0.717) is 0 Å². The molecule has 1 rings (SSSR count). The van der Waals surface area contributed by atoms with Crippen LogP contribution in [0.25, 0.3) is 0 Å². The Morgan fingerprint density at radius 3 is 2.39 bits per heavy atom. The average molecular weight is 345 g/mol. The summed E-state index contributed by atoms with van der Waals surface area (Å²) in [5.41, 5.74) is 0.183. The Labute approximate surface area is 141 Å². The number of carbonyl (C=O) groups excluding carboxylic acids is 1. The fraction of sp³-hybridized carbons (Fsp3) is 0.562. The number of amides is 1. The van der Waals surface area contributed by atoms with Gasteiger partial charge in [0.1, 0.15) is 5.60 Å². The lowest BCUT2D eigenvalue weighted by molar-refractivity contribution is 0.0503. The molecule has 0 spiro atoms. The van der Waals surface area contributed by atoms with Gasteiger partial charge in [0, 0.05) is 7.41 Å². The molecule has 0 aliphatic heterocycles. The molecular weight excluding hydrogens is 318 g/mol. The summed E-state index contributed by atoms with van der Waals surface area (Å²) in [6.45, 7) is 6.68. The molecule has 1 aromatic carbocycles. The van der Waals surface area contributed by atoms with E-state index in [2.05, 4.69) is 5.32 Å². The largest absolute Gasteiger partial charge is 0.444 e. The first-order chi connectivity index (χ1) is 11.3. The Morgan fingerprint density at radius 2 is 1.87 bits per heavy atom. The zero-order chi connectivity index (χ0) is 19.4. The third-order valence-corrected chi connectivity index (χ3v) is 3.82. The topological polar surface area (TPSA) is 81.7 Å². The van der Waals surface area contributed by atoms with Crippen LogP contribution in [0.1, 0.15) is 42.4 Å². The molecule has 1 aromatic rings. The van der Waals surface area contributed by atoms with Crippen LogP contribution >= 0.6 is 0 Å². The monoisotopic (exact) mass is 345 g/mol. The van der Waals surface area contributed by atoms with Crippen molar-refractivity contribution >= 4 is 16.2 Å². The lowest BCUT2D eigenvalue weighted by atomic mass is 10.2. The lowest BCUT2D eigenvalue weighted by Crippen LogP contribution is -2.38. The van der Waals surface area contributed by atoms with E-state index < -0.39 is 40.8 Å². The van der Waals surface area contributed by atoms with Gasteiger partial charge in [-0.2, -0.15) is 8.42 Å². The molecule has 6 nitrogen and oxygen atoms in total. The first-order valence-electron chi connectivity index (χ1n) is 8.31. The van der Waals surface area contributed by atoms with Gasteiger partial charge in [-0.05, 0) is 53.1 Å². The minimum atomic E-state index is -4.16. The first-order valence-corrected chi connectivity index (χ1v) is 8.56. The summed E-state index contributed by atoms with van der Waals surface area (Å²) >= 11 is 0.